The minimum absolute atomic E-state index is 0.162. The van der Waals surface area contributed by atoms with Crippen LogP contribution >= 0.6 is 0 Å². The monoisotopic (exact) mass is 298 g/mol. The van der Waals surface area contributed by atoms with Crippen molar-refractivity contribution in [3.8, 4) is 0 Å². The molecule has 2 aliphatic heterocycles. The van der Waals surface area contributed by atoms with Crippen LogP contribution in [0.3, 0.4) is 0 Å². The van der Waals surface area contributed by atoms with Crippen LogP contribution in [-0.2, 0) is 19.1 Å². The Balaban J connectivity index is 1.83. The van der Waals surface area contributed by atoms with Crippen molar-refractivity contribution in [2.45, 2.75) is 38.2 Å². The van der Waals surface area contributed by atoms with Crippen molar-refractivity contribution >= 4 is 11.9 Å². The maximum atomic E-state index is 12.3. The largest absolute Gasteiger partial charge is 0.469 e. The van der Waals surface area contributed by atoms with Gasteiger partial charge in [-0.2, -0.15) is 0 Å². The molecule has 1 amide bonds. The van der Waals surface area contributed by atoms with E-state index in [-0.39, 0.29) is 18.0 Å². The molecule has 2 heterocycles. The van der Waals surface area contributed by atoms with Gasteiger partial charge >= 0.3 is 5.97 Å². The molecule has 2 aliphatic rings. The summed E-state index contributed by atoms with van der Waals surface area (Å²) in [5, 5.41) is 0. The molecule has 6 nitrogen and oxygen atoms in total. The maximum Gasteiger partial charge on any atom is 0.306 e. The Kier molecular flexibility index (Phi) is 6.45. The van der Waals surface area contributed by atoms with E-state index in [1.54, 1.807) is 0 Å². The third-order valence-electron chi connectivity index (χ3n) is 4.16. The van der Waals surface area contributed by atoms with Crippen molar-refractivity contribution in [2.75, 3.05) is 46.4 Å². The van der Waals surface area contributed by atoms with Gasteiger partial charge in [-0.3, -0.25) is 14.5 Å². The van der Waals surface area contributed by atoms with Gasteiger partial charge in [0.15, 0.2) is 0 Å². The predicted molar refractivity (Wildman–Crippen MR) is 77.9 cm³/mol. The summed E-state index contributed by atoms with van der Waals surface area (Å²) in [6, 6.07) is 0. The summed E-state index contributed by atoms with van der Waals surface area (Å²) < 4.78 is 10.3. The Morgan fingerprint density at radius 1 is 1.29 bits per heavy atom. The normalized spacial score (nSPS) is 22.0. The number of amides is 1. The number of ether oxygens (including phenoxy) is 2. The molecule has 21 heavy (non-hydrogen) atoms. The van der Waals surface area contributed by atoms with Crippen LogP contribution in [0.15, 0.2) is 0 Å². The van der Waals surface area contributed by atoms with Crippen molar-refractivity contribution < 1.29 is 19.1 Å². The molecule has 1 unspecified atom stereocenters. The fraction of sp³-hybridized carbons (Fsp3) is 0.867. The fourth-order valence-electron chi connectivity index (χ4n) is 2.92. The van der Waals surface area contributed by atoms with Crippen molar-refractivity contribution in [3.63, 3.8) is 0 Å². The van der Waals surface area contributed by atoms with Gasteiger partial charge in [0.25, 0.3) is 0 Å². The van der Waals surface area contributed by atoms with Crippen LogP contribution in [0, 0.1) is 0 Å². The zero-order valence-corrected chi connectivity index (χ0v) is 12.9. The van der Waals surface area contributed by atoms with Gasteiger partial charge in [-0.05, 0) is 25.7 Å². The number of rotatable bonds is 7. The number of hydrogen-bond donors (Lipinski definition) is 0. The molecule has 0 aromatic heterocycles. The Morgan fingerprint density at radius 2 is 2.05 bits per heavy atom. The van der Waals surface area contributed by atoms with Gasteiger partial charge in [0.05, 0.1) is 26.2 Å². The highest BCUT2D eigenvalue weighted by atomic mass is 16.5. The smallest absolute Gasteiger partial charge is 0.306 e. The van der Waals surface area contributed by atoms with Gasteiger partial charge < -0.3 is 14.4 Å². The molecule has 2 rings (SSSR count). The molecule has 1 atom stereocenters. The van der Waals surface area contributed by atoms with Gasteiger partial charge in [0.2, 0.25) is 5.91 Å². The van der Waals surface area contributed by atoms with Crippen molar-refractivity contribution in [1.82, 2.24) is 9.80 Å². The SMILES string of the molecule is COC(=O)CCN(CC(=O)N1CCCC1)CC1CCCO1. The molecule has 0 aromatic carbocycles. The molecular formula is C15H26N2O4. The second-order valence-electron chi connectivity index (χ2n) is 5.78. The van der Waals surface area contributed by atoms with Crippen LogP contribution in [0.25, 0.3) is 0 Å². The molecular weight excluding hydrogens is 272 g/mol. The van der Waals surface area contributed by atoms with Crippen LogP contribution in [0.2, 0.25) is 0 Å². The van der Waals surface area contributed by atoms with Gasteiger partial charge in [0, 0.05) is 32.8 Å². The number of likely N-dealkylation sites (tertiary alicyclic amines) is 1. The van der Waals surface area contributed by atoms with E-state index < -0.39 is 0 Å². The predicted octanol–water partition coefficient (Wildman–Crippen LogP) is 0.653. The summed E-state index contributed by atoms with van der Waals surface area (Å²) in [4.78, 5) is 27.5. The van der Waals surface area contributed by atoms with E-state index in [9.17, 15) is 9.59 Å². The number of esters is 1. The Morgan fingerprint density at radius 3 is 2.67 bits per heavy atom. The first-order valence-electron chi connectivity index (χ1n) is 7.87. The van der Waals surface area contributed by atoms with Gasteiger partial charge in [-0.15, -0.1) is 0 Å². The minimum Gasteiger partial charge on any atom is -0.469 e. The van der Waals surface area contributed by atoms with E-state index in [2.05, 4.69) is 4.74 Å². The summed E-state index contributed by atoms with van der Waals surface area (Å²) in [7, 11) is 1.39. The second-order valence-corrected chi connectivity index (χ2v) is 5.78. The molecule has 0 aliphatic carbocycles. The highest BCUT2D eigenvalue weighted by molar-refractivity contribution is 5.78. The van der Waals surface area contributed by atoms with Crippen molar-refractivity contribution in [3.05, 3.63) is 0 Å². The highest BCUT2D eigenvalue weighted by Gasteiger charge is 2.24. The van der Waals surface area contributed by atoms with Crippen molar-refractivity contribution in [2.24, 2.45) is 0 Å². The zero-order valence-electron chi connectivity index (χ0n) is 12.9. The Labute approximate surface area is 126 Å². The lowest BCUT2D eigenvalue weighted by Gasteiger charge is -2.26. The van der Waals surface area contributed by atoms with E-state index in [1.807, 2.05) is 9.80 Å². The lowest BCUT2D eigenvalue weighted by atomic mass is 10.2. The van der Waals surface area contributed by atoms with Gasteiger partial charge in [0.1, 0.15) is 0 Å². The standard InChI is InChI=1S/C15H26N2O4/c1-20-15(19)6-9-16(11-13-5-4-10-21-13)12-14(18)17-7-2-3-8-17/h13H,2-12H2,1H3. The topological polar surface area (TPSA) is 59.1 Å². The number of carbonyl (C=O) groups is 2. The van der Waals surface area contributed by atoms with Crippen LogP contribution in [0.1, 0.15) is 32.1 Å². The van der Waals surface area contributed by atoms with Crippen LogP contribution in [0.5, 0.6) is 0 Å². The molecule has 0 N–H and O–H groups in total. The number of methoxy groups -OCH3 is 1. The Hall–Kier alpha value is -1.14. The third-order valence-corrected chi connectivity index (χ3v) is 4.16. The molecule has 0 aromatic rings. The third kappa shape index (κ3) is 5.28. The first-order chi connectivity index (χ1) is 10.2. The maximum absolute atomic E-state index is 12.3. The Bertz CT molecular complexity index is 350. The first kappa shape index (κ1) is 16.2. The van der Waals surface area contributed by atoms with E-state index in [1.165, 1.54) is 7.11 Å². The summed E-state index contributed by atoms with van der Waals surface area (Å²) in [6.45, 7) is 4.17. The average Bonchev–Trinajstić information content (AvgIpc) is 3.17. The molecule has 0 spiro atoms. The fourth-order valence-corrected chi connectivity index (χ4v) is 2.92. The van der Waals surface area contributed by atoms with E-state index in [0.29, 0.717) is 19.5 Å². The molecule has 0 bridgehead atoms. The lowest BCUT2D eigenvalue weighted by molar-refractivity contribution is -0.141. The van der Waals surface area contributed by atoms with Crippen LogP contribution < -0.4 is 0 Å². The first-order valence-corrected chi connectivity index (χ1v) is 7.87. The van der Waals surface area contributed by atoms with Gasteiger partial charge in [-0.1, -0.05) is 0 Å². The van der Waals surface area contributed by atoms with Crippen LogP contribution in [0.4, 0.5) is 0 Å². The van der Waals surface area contributed by atoms with E-state index >= 15 is 0 Å². The quantitative estimate of drug-likeness (QED) is 0.646. The summed E-state index contributed by atoms with van der Waals surface area (Å²) in [6.07, 6.45) is 4.81. The lowest BCUT2D eigenvalue weighted by Crippen LogP contribution is -2.42. The summed E-state index contributed by atoms with van der Waals surface area (Å²) in [5.74, 6) is -0.0728. The summed E-state index contributed by atoms with van der Waals surface area (Å²) >= 11 is 0. The van der Waals surface area contributed by atoms with Crippen LogP contribution in [-0.4, -0.2) is 74.2 Å². The van der Waals surface area contributed by atoms with E-state index in [0.717, 1.165) is 51.9 Å². The molecule has 2 fully saturated rings. The van der Waals surface area contributed by atoms with Gasteiger partial charge in [-0.25, -0.2) is 0 Å². The molecule has 0 radical (unpaired) electrons. The molecule has 0 saturated carbocycles. The van der Waals surface area contributed by atoms with Crippen molar-refractivity contribution in [1.29, 1.82) is 0 Å². The minimum atomic E-state index is -0.235. The van der Waals surface area contributed by atoms with E-state index in [4.69, 9.17) is 4.74 Å². The number of hydrogen-bond acceptors (Lipinski definition) is 5. The highest BCUT2D eigenvalue weighted by Crippen LogP contribution is 2.14. The average molecular weight is 298 g/mol. The molecule has 2 saturated heterocycles. The second kappa shape index (κ2) is 8.34. The summed E-state index contributed by atoms with van der Waals surface area (Å²) in [5.41, 5.74) is 0. The number of nitrogens with zero attached hydrogens (tertiary/aromatic N) is 2. The zero-order chi connectivity index (χ0) is 15.1. The number of carbonyl (C=O) groups excluding carboxylic acids is 2. The molecule has 6 heteroatoms. The molecule has 120 valence electrons.